The molecule has 2 saturated heterocycles. The molecule has 0 unspecified atom stereocenters. The number of thioether (sulfide) groups is 1. The monoisotopic (exact) mass is 200 g/mol. The van der Waals surface area contributed by atoms with E-state index in [1.54, 1.807) is 4.90 Å². The Kier molecular flexibility index (Phi) is 2.44. The third kappa shape index (κ3) is 1.80. The second-order valence-electron chi connectivity index (χ2n) is 3.32. The maximum absolute atomic E-state index is 11.3. The number of amides is 3. The van der Waals surface area contributed by atoms with Gasteiger partial charge in [0.15, 0.2) is 0 Å². The van der Waals surface area contributed by atoms with Gasteiger partial charge in [-0.05, 0) is 24.3 Å². The molecular formula is C8H12N2O2S. The average Bonchev–Trinajstić information content (AvgIpc) is 2.47. The highest BCUT2D eigenvalue weighted by atomic mass is 32.2. The summed E-state index contributed by atoms with van der Waals surface area (Å²) in [6.07, 6.45) is 2.04. The number of hydrogen-bond acceptors (Lipinski definition) is 3. The van der Waals surface area contributed by atoms with Gasteiger partial charge in [0.2, 0.25) is 5.91 Å². The average molecular weight is 200 g/mol. The Balaban J connectivity index is 1.99. The fraction of sp³-hybridized carbons (Fsp3) is 0.750. The zero-order valence-corrected chi connectivity index (χ0v) is 8.10. The highest BCUT2D eigenvalue weighted by Gasteiger charge is 2.33. The third-order valence-corrected chi connectivity index (χ3v) is 3.50. The van der Waals surface area contributed by atoms with Crippen molar-refractivity contribution in [3.05, 3.63) is 0 Å². The van der Waals surface area contributed by atoms with Crippen LogP contribution in [0, 0.1) is 0 Å². The van der Waals surface area contributed by atoms with Crippen molar-refractivity contribution in [3.63, 3.8) is 0 Å². The summed E-state index contributed by atoms with van der Waals surface area (Å²) in [5, 5.41) is 2.31. The summed E-state index contributed by atoms with van der Waals surface area (Å²) in [5.74, 6) is 2.04. The van der Waals surface area contributed by atoms with Gasteiger partial charge in [0.05, 0.1) is 0 Å². The molecule has 2 fully saturated rings. The molecule has 0 radical (unpaired) electrons. The van der Waals surface area contributed by atoms with Gasteiger partial charge in [0.25, 0.3) is 0 Å². The molecule has 0 aromatic rings. The minimum atomic E-state index is -0.207. The number of nitrogens with zero attached hydrogens (tertiary/aromatic N) is 1. The lowest BCUT2D eigenvalue weighted by molar-refractivity contribution is -0.118. The van der Waals surface area contributed by atoms with Crippen LogP contribution in [0.5, 0.6) is 0 Å². The standard InChI is InChI=1S/C8H12N2O2S/c11-7-5-10(8(12)9-7)6-1-3-13-4-2-6/h6H,1-5H2,(H,9,11,12). The first kappa shape index (κ1) is 8.87. The van der Waals surface area contributed by atoms with Crippen LogP contribution < -0.4 is 5.32 Å². The number of urea groups is 1. The first-order valence-corrected chi connectivity index (χ1v) is 5.61. The summed E-state index contributed by atoms with van der Waals surface area (Å²) in [4.78, 5) is 23.9. The van der Waals surface area contributed by atoms with Gasteiger partial charge in [-0.1, -0.05) is 0 Å². The number of carbonyl (C=O) groups is 2. The van der Waals surface area contributed by atoms with E-state index >= 15 is 0 Å². The maximum atomic E-state index is 11.3. The van der Waals surface area contributed by atoms with Gasteiger partial charge in [-0.15, -0.1) is 0 Å². The number of hydrogen-bond donors (Lipinski definition) is 1. The summed E-state index contributed by atoms with van der Waals surface area (Å²) < 4.78 is 0. The van der Waals surface area contributed by atoms with Gasteiger partial charge in [0.1, 0.15) is 6.54 Å². The Bertz CT molecular complexity index is 238. The van der Waals surface area contributed by atoms with E-state index in [2.05, 4.69) is 5.32 Å². The van der Waals surface area contributed by atoms with Crippen LogP contribution in [0.25, 0.3) is 0 Å². The van der Waals surface area contributed by atoms with Crippen molar-refractivity contribution < 1.29 is 9.59 Å². The summed E-state index contributed by atoms with van der Waals surface area (Å²) in [5.41, 5.74) is 0. The van der Waals surface area contributed by atoms with E-state index in [-0.39, 0.29) is 24.5 Å². The van der Waals surface area contributed by atoms with Crippen molar-refractivity contribution >= 4 is 23.7 Å². The molecule has 13 heavy (non-hydrogen) atoms. The van der Waals surface area contributed by atoms with Crippen molar-refractivity contribution in [2.75, 3.05) is 18.1 Å². The van der Waals surface area contributed by atoms with Crippen LogP contribution in [0.3, 0.4) is 0 Å². The van der Waals surface area contributed by atoms with Crippen LogP contribution in [-0.2, 0) is 4.79 Å². The first-order valence-electron chi connectivity index (χ1n) is 4.45. The second-order valence-corrected chi connectivity index (χ2v) is 4.55. The summed E-state index contributed by atoms with van der Waals surface area (Å²) >= 11 is 1.92. The van der Waals surface area contributed by atoms with Crippen LogP contribution in [0.1, 0.15) is 12.8 Å². The van der Waals surface area contributed by atoms with E-state index in [0.29, 0.717) is 0 Å². The molecule has 2 aliphatic rings. The maximum Gasteiger partial charge on any atom is 0.324 e. The smallest absolute Gasteiger partial charge is 0.312 e. The SMILES string of the molecule is O=C1CN(C2CCSCC2)C(=O)N1. The first-order chi connectivity index (χ1) is 6.27. The van der Waals surface area contributed by atoms with Gasteiger partial charge in [-0.3, -0.25) is 10.1 Å². The molecule has 0 aromatic carbocycles. The minimum Gasteiger partial charge on any atom is -0.312 e. The molecule has 0 aliphatic carbocycles. The van der Waals surface area contributed by atoms with Gasteiger partial charge in [-0.2, -0.15) is 11.8 Å². The molecular weight excluding hydrogens is 188 g/mol. The number of imide groups is 1. The van der Waals surface area contributed by atoms with Crippen LogP contribution in [0.4, 0.5) is 4.79 Å². The van der Waals surface area contributed by atoms with Crippen molar-refractivity contribution in [1.29, 1.82) is 0 Å². The third-order valence-electron chi connectivity index (χ3n) is 2.45. The van der Waals surface area contributed by atoms with Gasteiger partial charge in [0, 0.05) is 6.04 Å². The molecule has 4 nitrogen and oxygen atoms in total. The normalized spacial score (nSPS) is 25.1. The molecule has 5 heteroatoms. The topological polar surface area (TPSA) is 49.4 Å². The van der Waals surface area contributed by atoms with Crippen LogP contribution in [0.2, 0.25) is 0 Å². The molecule has 0 spiro atoms. The molecule has 2 heterocycles. The quantitative estimate of drug-likeness (QED) is 0.625. The molecule has 1 N–H and O–H groups in total. The summed E-state index contributed by atoms with van der Waals surface area (Å²) in [7, 11) is 0. The number of carbonyl (C=O) groups excluding carboxylic acids is 2. The van der Waals surface area contributed by atoms with Crippen LogP contribution in [-0.4, -0.2) is 40.9 Å². The van der Waals surface area contributed by atoms with Crippen molar-refractivity contribution in [1.82, 2.24) is 10.2 Å². The molecule has 0 atom stereocenters. The zero-order chi connectivity index (χ0) is 9.26. The summed E-state index contributed by atoms with van der Waals surface area (Å²) in [6, 6.07) is 0.0783. The lowest BCUT2D eigenvalue weighted by Crippen LogP contribution is -2.40. The largest absolute Gasteiger partial charge is 0.324 e. The Hall–Kier alpha value is -0.710. The molecule has 3 amide bonds. The lowest BCUT2D eigenvalue weighted by Gasteiger charge is -2.28. The summed E-state index contributed by atoms with van der Waals surface area (Å²) in [6.45, 7) is 0.258. The van der Waals surface area contributed by atoms with E-state index in [1.165, 1.54) is 0 Å². The minimum absolute atomic E-state index is 0.164. The highest BCUT2D eigenvalue weighted by molar-refractivity contribution is 7.99. The molecule has 2 aliphatic heterocycles. The Morgan fingerprint density at radius 2 is 2.00 bits per heavy atom. The van der Waals surface area contributed by atoms with Crippen LogP contribution in [0.15, 0.2) is 0 Å². The van der Waals surface area contributed by atoms with E-state index in [9.17, 15) is 9.59 Å². The van der Waals surface area contributed by atoms with Crippen molar-refractivity contribution in [3.8, 4) is 0 Å². The second kappa shape index (κ2) is 3.57. The van der Waals surface area contributed by atoms with E-state index < -0.39 is 0 Å². The van der Waals surface area contributed by atoms with Gasteiger partial charge < -0.3 is 4.90 Å². The lowest BCUT2D eigenvalue weighted by atomic mass is 10.1. The number of nitrogens with one attached hydrogen (secondary N) is 1. The molecule has 0 bridgehead atoms. The van der Waals surface area contributed by atoms with E-state index in [0.717, 1.165) is 24.3 Å². The Morgan fingerprint density at radius 1 is 1.31 bits per heavy atom. The van der Waals surface area contributed by atoms with Gasteiger partial charge in [-0.25, -0.2) is 4.79 Å². The predicted octanol–water partition coefficient (Wildman–Crippen LogP) is 0.434. The molecule has 0 aromatic heterocycles. The van der Waals surface area contributed by atoms with Crippen molar-refractivity contribution in [2.24, 2.45) is 0 Å². The van der Waals surface area contributed by atoms with E-state index in [1.807, 2.05) is 11.8 Å². The predicted molar refractivity (Wildman–Crippen MR) is 50.6 cm³/mol. The number of rotatable bonds is 1. The fourth-order valence-corrected chi connectivity index (χ4v) is 2.83. The van der Waals surface area contributed by atoms with Gasteiger partial charge >= 0.3 is 6.03 Å². The van der Waals surface area contributed by atoms with Crippen LogP contribution >= 0.6 is 11.8 Å². The molecule has 2 rings (SSSR count). The van der Waals surface area contributed by atoms with E-state index in [4.69, 9.17) is 0 Å². The highest BCUT2D eigenvalue weighted by Crippen LogP contribution is 2.22. The zero-order valence-electron chi connectivity index (χ0n) is 7.28. The fourth-order valence-electron chi connectivity index (χ4n) is 1.75. The molecule has 72 valence electrons. The Morgan fingerprint density at radius 3 is 2.54 bits per heavy atom. The Labute approximate surface area is 81.0 Å². The van der Waals surface area contributed by atoms with Crippen molar-refractivity contribution in [2.45, 2.75) is 18.9 Å². The molecule has 0 saturated carbocycles.